The number of likely N-dealkylation sites (tertiary alicyclic amines) is 1. The Kier molecular flexibility index (Phi) is 7.14. The lowest BCUT2D eigenvalue weighted by atomic mass is 9.68. The molecule has 2 atom stereocenters. The molecule has 1 N–H and O–H groups in total. The van der Waals surface area contributed by atoms with Gasteiger partial charge in [-0.15, -0.1) is 0 Å². The quantitative estimate of drug-likeness (QED) is 0.464. The largest absolute Gasteiger partial charge is 0.392 e. The molecule has 0 bridgehead atoms. The van der Waals surface area contributed by atoms with E-state index in [-0.39, 0.29) is 16.8 Å². The number of pyridine rings is 1. The molecule has 1 aliphatic carbocycles. The van der Waals surface area contributed by atoms with Crippen LogP contribution in [0.2, 0.25) is 0 Å². The second kappa shape index (κ2) is 10.8. The molecule has 10 nitrogen and oxygen atoms in total. The van der Waals surface area contributed by atoms with Crippen molar-refractivity contribution in [3.63, 3.8) is 0 Å². The van der Waals surface area contributed by atoms with Crippen LogP contribution in [0.1, 0.15) is 24.1 Å². The Hall–Kier alpha value is -3.16. The molecule has 4 aliphatic rings. The third kappa shape index (κ3) is 5.05. The van der Waals surface area contributed by atoms with Crippen LogP contribution in [0.4, 0.5) is 10.2 Å². The molecule has 0 radical (unpaired) electrons. The molecule has 12 heteroatoms. The zero-order valence-corrected chi connectivity index (χ0v) is 24.2. The molecule has 0 spiro atoms. The summed E-state index contributed by atoms with van der Waals surface area (Å²) in [5.74, 6) is 0.451. The number of rotatable bonds is 6. The first-order chi connectivity index (χ1) is 20.3. The number of fused-ring (bicyclic) bond motifs is 2. The number of ether oxygens (including phenoxy) is 1. The number of nitrogens with zero attached hydrogens (tertiary/aromatic N) is 6. The van der Waals surface area contributed by atoms with Crippen LogP contribution in [-0.4, -0.2) is 103 Å². The normalized spacial score (nSPS) is 25.2. The van der Waals surface area contributed by atoms with Gasteiger partial charge in [0.15, 0.2) is 0 Å². The molecule has 1 aromatic carbocycles. The average molecular weight is 595 g/mol. The van der Waals surface area contributed by atoms with Gasteiger partial charge in [0.05, 0.1) is 36.9 Å². The number of benzene rings is 1. The van der Waals surface area contributed by atoms with E-state index in [1.165, 1.54) is 23.9 Å². The highest BCUT2D eigenvalue weighted by molar-refractivity contribution is 7.89. The number of sulfonamides is 1. The summed E-state index contributed by atoms with van der Waals surface area (Å²) in [4.78, 5) is 9.05. The predicted molar refractivity (Wildman–Crippen MR) is 155 cm³/mol. The van der Waals surface area contributed by atoms with Crippen molar-refractivity contribution in [1.82, 2.24) is 24.0 Å². The molecule has 42 heavy (non-hydrogen) atoms. The van der Waals surface area contributed by atoms with E-state index in [1.807, 2.05) is 10.9 Å². The van der Waals surface area contributed by atoms with Gasteiger partial charge >= 0.3 is 0 Å². The fourth-order valence-corrected chi connectivity index (χ4v) is 8.35. The van der Waals surface area contributed by atoms with Crippen LogP contribution < -0.4 is 4.90 Å². The van der Waals surface area contributed by atoms with E-state index in [1.54, 1.807) is 28.6 Å². The Bertz CT molecular complexity index is 1590. The van der Waals surface area contributed by atoms with Crippen LogP contribution in [0.3, 0.4) is 0 Å². The van der Waals surface area contributed by atoms with Crippen molar-refractivity contribution < 1.29 is 22.7 Å². The number of anilines is 1. The topological polar surface area (TPSA) is 104 Å². The number of hydrogen-bond donors (Lipinski definition) is 1. The maximum absolute atomic E-state index is 14.0. The van der Waals surface area contributed by atoms with Gasteiger partial charge in [-0.05, 0) is 67.3 Å². The van der Waals surface area contributed by atoms with Crippen molar-refractivity contribution in [2.24, 2.45) is 5.41 Å². The van der Waals surface area contributed by atoms with Gasteiger partial charge in [0.2, 0.25) is 10.0 Å². The van der Waals surface area contributed by atoms with Gasteiger partial charge < -0.3 is 14.7 Å². The van der Waals surface area contributed by atoms with Crippen LogP contribution in [-0.2, 0) is 21.2 Å². The lowest BCUT2D eigenvalue weighted by Gasteiger charge is -2.47. The van der Waals surface area contributed by atoms with Crippen molar-refractivity contribution in [3.05, 3.63) is 71.4 Å². The fraction of sp³-hybridized carbons (Fsp3) is 0.467. The summed E-state index contributed by atoms with van der Waals surface area (Å²) in [6, 6.07) is 9.71. The summed E-state index contributed by atoms with van der Waals surface area (Å²) >= 11 is 0. The second-order valence-electron chi connectivity index (χ2n) is 11.8. The van der Waals surface area contributed by atoms with Crippen LogP contribution in [0.15, 0.2) is 59.3 Å². The van der Waals surface area contributed by atoms with E-state index in [9.17, 15) is 17.9 Å². The van der Waals surface area contributed by atoms with E-state index in [4.69, 9.17) is 4.74 Å². The lowest BCUT2D eigenvalue weighted by molar-refractivity contribution is 0.122. The first-order valence-corrected chi connectivity index (χ1v) is 16.0. The number of piperidine rings is 1. The van der Waals surface area contributed by atoms with Crippen LogP contribution in [0, 0.1) is 11.2 Å². The van der Waals surface area contributed by atoms with Gasteiger partial charge in [-0.1, -0.05) is 5.57 Å². The number of morpholine rings is 1. The summed E-state index contributed by atoms with van der Waals surface area (Å²) in [5.41, 5.74) is 3.48. The summed E-state index contributed by atoms with van der Waals surface area (Å²) in [7, 11) is -3.79. The minimum absolute atomic E-state index is 0.194. The minimum Gasteiger partial charge on any atom is -0.392 e. The molecule has 3 saturated heterocycles. The van der Waals surface area contributed by atoms with Crippen molar-refractivity contribution in [3.8, 4) is 5.69 Å². The van der Waals surface area contributed by atoms with Gasteiger partial charge in [0.25, 0.3) is 0 Å². The van der Waals surface area contributed by atoms with Gasteiger partial charge in [0, 0.05) is 57.4 Å². The number of aliphatic hydroxyl groups is 1. The molecular formula is C30H35FN6O4S. The van der Waals surface area contributed by atoms with E-state index >= 15 is 0 Å². The Morgan fingerprint density at radius 1 is 1.05 bits per heavy atom. The van der Waals surface area contributed by atoms with Crippen molar-refractivity contribution in [2.75, 3.05) is 63.9 Å². The highest BCUT2D eigenvalue weighted by Gasteiger charge is 2.47. The van der Waals surface area contributed by atoms with Crippen molar-refractivity contribution >= 4 is 21.9 Å². The predicted octanol–water partition coefficient (Wildman–Crippen LogP) is 2.33. The lowest BCUT2D eigenvalue weighted by Crippen LogP contribution is -2.53. The SMILES string of the molecule is O=S(=O)(c1ccc(N2CCOCC2)nc1)N1CCC2=Cc3c(cnn3-c3ccc(F)cc3)C[C@]2(CN2CC[C@H](O)C2)C1. The molecule has 3 fully saturated rings. The number of β-amino-alcohol motifs (C(OH)–C–C–N with tert-alkyl or cyclic N) is 1. The minimum atomic E-state index is -3.79. The van der Waals surface area contributed by atoms with E-state index < -0.39 is 15.4 Å². The van der Waals surface area contributed by atoms with Crippen LogP contribution in [0.25, 0.3) is 11.8 Å². The molecular weight excluding hydrogens is 559 g/mol. The summed E-state index contributed by atoms with van der Waals surface area (Å²) in [5, 5.41) is 14.9. The van der Waals surface area contributed by atoms with E-state index in [2.05, 4.69) is 26.0 Å². The average Bonchev–Trinajstić information content (AvgIpc) is 3.61. The summed E-state index contributed by atoms with van der Waals surface area (Å²) in [6.45, 7) is 5.43. The summed E-state index contributed by atoms with van der Waals surface area (Å²) in [6.07, 6.45) is 7.03. The third-order valence-corrected chi connectivity index (χ3v) is 10.9. The van der Waals surface area contributed by atoms with Crippen LogP contribution in [0.5, 0.6) is 0 Å². The van der Waals surface area contributed by atoms with Gasteiger partial charge in [-0.2, -0.15) is 9.40 Å². The molecule has 3 aliphatic heterocycles. The number of hydrogen-bond acceptors (Lipinski definition) is 8. The standard InChI is InChI=1S/C30H35FN6O4S/c31-24-1-3-25(4-2-24)37-28-15-23-7-10-36(21-30(23,16-22(28)17-33-37)20-34-9-8-26(38)19-34)42(39,40)27-5-6-29(32-18-27)35-11-13-41-14-12-35/h1-6,15,17-18,26,38H,7-14,16,19-21H2/t26-,30-/m0/s1. The van der Waals surface area contributed by atoms with E-state index in [0.717, 1.165) is 42.4 Å². The smallest absolute Gasteiger partial charge is 0.244 e. The van der Waals surface area contributed by atoms with Crippen molar-refractivity contribution in [2.45, 2.75) is 30.3 Å². The van der Waals surface area contributed by atoms with Gasteiger partial charge in [0.1, 0.15) is 16.5 Å². The van der Waals surface area contributed by atoms with Crippen molar-refractivity contribution in [1.29, 1.82) is 0 Å². The zero-order valence-electron chi connectivity index (χ0n) is 23.4. The Balaban J connectivity index is 1.19. The maximum Gasteiger partial charge on any atom is 0.244 e. The molecule has 5 heterocycles. The Morgan fingerprint density at radius 2 is 1.86 bits per heavy atom. The molecule has 0 unspecified atom stereocenters. The van der Waals surface area contributed by atoms with Gasteiger partial charge in [-0.3, -0.25) is 4.90 Å². The monoisotopic (exact) mass is 594 g/mol. The first kappa shape index (κ1) is 27.7. The number of aromatic nitrogens is 3. The zero-order chi connectivity index (χ0) is 28.9. The van der Waals surface area contributed by atoms with Gasteiger partial charge in [-0.25, -0.2) is 22.5 Å². The van der Waals surface area contributed by atoms with Crippen LogP contribution >= 0.6 is 0 Å². The molecule has 7 rings (SSSR count). The first-order valence-electron chi connectivity index (χ1n) is 14.5. The van der Waals surface area contributed by atoms with E-state index in [0.29, 0.717) is 58.7 Å². The Morgan fingerprint density at radius 3 is 2.57 bits per heavy atom. The number of halogens is 1. The molecule has 3 aromatic rings. The fourth-order valence-electron chi connectivity index (χ4n) is 6.87. The number of aliphatic hydroxyl groups excluding tert-OH is 1. The Labute approximate surface area is 245 Å². The third-order valence-electron chi connectivity index (χ3n) is 9.06. The molecule has 0 saturated carbocycles. The second-order valence-corrected chi connectivity index (χ2v) is 13.7. The maximum atomic E-state index is 14.0. The highest BCUT2D eigenvalue weighted by Crippen LogP contribution is 2.46. The molecule has 0 amide bonds. The highest BCUT2D eigenvalue weighted by atomic mass is 32.2. The molecule has 222 valence electrons. The summed E-state index contributed by atoms with van der Waals surface area (Å²) < 4.78 is 50.4. The molecule has 2 aromatic heterocycles.